The van der Waals surface area contributed by atoms with Gasteiger partial charge in [-0.05, 0) is 45.2 Å². The Morgan fingerprint density at radius 1 is 1.16 bits per heavy atom. The average molecular weight is 364 g/mol. The molecule has 0 atom stereocenters. The van der Waals surface area contributed by atoms with Crippen molar-refractivity contribution in [1.29, 1.82) is 0 Å². The molecular formula is C17H22ClN5O2. The Morgan fingerprint density at radius 2 is 1.80 bits per heavy atom. The zero-order chi connectivity index (χ0) is 18.0. The van der Waals surface area contributed by atoms with Crippen molar-refractivity contribution in [1.82, 2.24) is 24.6 Å². The fourth-order valence-corrected chi connectivity index (χ4v) is 2.89. The molecule has 0 bridgehead atoms. The summed E-state index contributed by atoms with van der Waals surface area (Å²) in [7, 11) is 0. The number of piperidine rings is 1. The lowest BCUT2D eigenvalue weighted by Gasteiger charge is -2.33. The fraction of sp³-hybridized carbons (Fsp3) is 0.529. The summed E-state index contributed by atoms with van der Waals surface area (Å²) < 4.78 is 7.38. The van der Waals surface area contributed by atoms with Crippen LogP contribution in [-0.4, -0.2) is 49.4 Å². The Labute approximate surface area is 152 Å². The maximum absolute atomic E-state index is 12.1. The van der Waals surface area contributed by atoms with Crippen LogP contribution in [-0.2, 0) is 4.74 Å². The van der Waals surface area contributed by atoms with Gasteiger partial charge in [0, 0.05) is 42.8 Å². The maximum atomic E-state index is 12.1. The van der Waals surface area contributed by atoms with E-state index in [1.165, 1.54) is 0 Å². The van der Waals surface area contributed by atoms with Crippen LogP contribution in [0.3, 0.4) is 0 Å². The third kappa shape index (κ3) is 4.48. The van der Waals surface area contributed by atoms with Gasteiger partial charge in [0.1, 0.15) is 5.60 Å². The number of rotatable bonds is 2. The van der Waals surface area contributed by atoms with Gasteiger partial charge in [-0.1, -0.05) is 0 Å². The van der Waals surface area contributed by atoms with Gasteiger partial charge in [-0.15, -0.1) is 0 Å². The SMILES string of the molecule is CC(C)(C)OC(=O)N1CCC(n2cc(-c3cnc(Cl)nc3)cn2)CC1. The number of hydrogen-bond donors (Lipinski definition) is 0. The Morgan fingerprint density at radius 3 is 2.40 bits per heavy atom. The van der Waals surface area contributed by atoms with E-state index in [0.717, 1.165) is 24.0 Å². The van der Waals surface area contributed by atoms with Crippen molar-refractivity contribution < 1.29 is 9.53 Å². The first-order valence-electron chi connectivity index (χ1n) is 8.32. The van der Waals surface area contributed by atoms with E-state index in [0.29, 0.717) is 13.1 Å². The van der Waals surface area contributed by atoms with E-state index in [4.69, 9.17) is 16.3 Å². The number of carbonyl (C=O) groups excluding carboxylic acids is 1. The van der Waals surface area contributed by atoms with Gasteiger partial charge in [0.2, 0.25) is 5.28 Å². The van der Waals surface area contributed by atoms with Crippen molar-refractivity contribution in [3.05, 3.63) is 30.1 Å². The molecule has 1 fully saturated rings. The molecule has 3 heterocycles. The van der Waals surface area contributed by atoms with Crippen LogP contribution in [0.5, 0.6) is 0 Å². The van der Waals surface area contributed by atoms with E-state index < -0.39 is 5.60 Å². The minimum atomic E-state index is -0.467. The highest BCUT2D eigenvalue weighted by molar-refractivity contribution is 6.28. The zero-order valence-corrected chi connectivity index (χ0v) is 15.4. The second-order valence-corrected chi connectivity index (χ2v) is 7.49. The molecule has 3 rings (SSSR count). The Balaban J connectivity index is 1.60. The van der Waals surface area contributed by atoms with Gasteiger partial charge < -0.3 is 9.64 Å². The average Bonchev–Trinajstić information content (AvgIpc) is 3.04. The molecule has 2 aromatic heterocycles. The number of hydrogen-bond acceptors (Lipinski definition) is 5. The van der Waals surface area contributed by atoms with Crippen LogP contribution in [0.25, 0.3) is 11.1 Å². The minimum Gasteiger partial charge on any atom is -0.444 e. The van der Waals surface area contributed by atoms with Crippen LogP contribution in [0.4, 0.5) is 4.79 Å². The monoisotopic (exact) mass is 363 g/mol. The van der Waals surface area contributed by atoms with E-state index >= 15 is 0 Å². The van der Waals surface area contributed by atoms with Gasteiger partial charge in [0.05, 0.1) is 12.2 Å². The van der Waals surface area contributed by atoms with Gasteiger partial charge in [-0.25, -0.2) is 14.8 Å². The Bertz CT molecular complexity index is 730. The molecule has 0 aliphatic carbocycles. The first-order valence-corrected chi connectivity index (χ1v) is 8.69. The minimum absolute atomic E-state index is 0.227. The summed E-state index contributed by atoms with van der Waals surface area (Å²) in [6.45, 7) is 6.97. The largest absolute Gasteiger partial charge is 0.444 e. The standard InChI is InChI=1S/C17H22ClN5O2/c1-17(2,3)25-16(24)22-6-4-14(5-7-22)23-11-13(10-21-23)12-8-19-15(18)20-9-12/h8-11,14H,4-7H2,1-3H3. The van der Waals surface area contributed by atoms with E-state index in [2.05, 4.69) is 15.1 Å². The first-order chi connectivity index (χ1) is 11.8. The number of carbonyl (C=O) groups is 1. The summed E-state index contributed by atoms with van der Waals surface area (Å²) in [6.07, 6.45) is 8.59. The molecule has 0 unspecified atom stereocenters. The predicted octanol–water partition coefficient (Wildman–Crippen LogP) is 3.57. The molecule has 0 saturated carbocycles. The molecule has 0 radical (unpaired) electrons. The number of amides is 1. The molecule has 2 aromatic rings. The summed E-state index contributed by atoms with van der Waals surface area (Å²) >= 11 is 5.72. The summed E-state index contributed by atoms with van der Waals surface area (Å²) in [6, 6.07) is 0.264. The second kappa shape index (κ2) is 7.00. The molecule has 8 heteroatoms. The maximum Gasteiger partial charge on any atom is 0.410 e. The Kier molecular flexibility index (Phi) is 4.94. The highest BCUT2D eigenvalue weighted by atomic mass is 35.5. The normalized spacial score (nSPS) is 16.1. The Hall–Kier alpha value is -2.15. The van der Waals surface area contributed by atoms with E-state index in [1.54, 1.807) is 23.5 Å². The lowest BCUT2D eigenvalue weighted by Crippen LogP contribution is -2.42. The van der Waals surface area contributed by atoms with E-state index in [1.807, 2.05) is 31.6 Å². The molecule has 134 valence electrons. The number of ether oxygens (including phenoxy) is 1. The molecule has 1 aliphatic rings. The van der Waals surface area contributed by atoms with Crippen molar-refractivity contribution in [2.24, 2.45) is 0 Å². The smallest absolute Gasteiger partial charge is 0.410 e. The predicted molar refractivity (Wildman–Crippen MR) is 94.3 cm³/mol. The van der Waals surface area contributed by atoms with E-state index in [-0.39, 0.29) is 17.4 Å². The van der Waals surface area contributed by atoms with Crippen LogP contribution in [0.15, 0.2) is 24.8 Å². The number of aromatic nitrogens is 4. The van der Waals surface area contributed by atoms with Crippen molar-refractivity contribution >= 4 is 17.7 Å². The number of nitrogens with zero attached hydrogens (tertiary/aromatic N) is 5. The molecule has 0 spiro atoms. The van der Waals surface area contributed by atoms with Crippen LogP contribution in [0, 0.1) is 0 Å². The van der Waals surface area contributed by atoms with Crippen molar-refractivity contribution in [2.45, 2.75) is 45.3 Å². The number of halogens is 1. The summed E-state index contributed by atoms with van der Waals surface area (Å²) in [5.74, 6) is 0. The van der Waals surface area contributed by atoms with Gasteiger partial charge in [-0.2, -0.15) is 5.10 Å². The topological polar surface area (TPSA) is 73.1 Å². The molecule has 1 amide bonds. The molecule has 7 nitrogen and oxygen atoms in total. The van der Waals surface area contributed by atoms with Crippen molar-refractivity contribution in [3.63, 3.8) is 0 Å². The first kappa shape index (κ1) is 17.7. The molecule has 0 N–H and O–H groups in total. The third-order valence-corrected chi connectivity index (χ3v) is 4.24. The fourth-order valence-electron chi connectivity index (χ4n) is 2.79. The summed E-state index contributed by atoms with van der Waals surface area (Å²) in [5, 5.41) is 4.69. The second-order valence-electron chi connectivity index (χ2n) is 7.15. The van der Waals surface area contributed by atoms with Crippen LogP contribution in [0.2, 0.25) is 5.28 Å². The number of likely N-dealkylation sites (tertiary alicyclic amines) is 1. The van der Waals surface area contributed by atoms with Crippen LogP contribution >= 0.6 is 11.6 Å². The summed E-state index contributed by atoms with van der Waals surface area (Å²) in [4.78, 5) is 21.9. The van der Waals surface area contributed by atoms with Gasteiger partial charge in [0.25, 0.3) is 0 Å². The van der Waals surface area contributed by atoms with Crippen molar-refractivity contribution in [2.75, 3.05) is 13.1 Å². The summed E-state index contributed by atoms with van der Waals surface area (Å²) in [5.41, 5.74) is 1.36. The molecule has 0 aromatic carbocycles. The highest BCUT2D eigenvalue weighted by Gasteiger charge is 2.27. The zero-order valence-electron chi connectivity index (χ0n) is 14.6. The lowest BCUT2D eigenvalue weighted by atomic mass is 10.1. The molecule has 25 heavy (non-hydrogen) atoms. The van der Waals surface area contributed by atoms with Crippen LogP contribution < -0.4 is 0 Å². The van der Waals surface area contributed by atoms with Gasteiger partial charge >= 0.3 is 6.09 Å². The highest BCUT2D eigenvalue weighted by Crippen LogP contribution is 2.26. The lowest BCUT2D eigenvalue weighted by molar-refractivity contribution is 0.0185. The van der Waals surface area contributed by atoms with Gasteiger partial charge in [-0.3, -0.25) is 4.68 Å². The molecule has 1 aliphatic heterocycles. The quantitative estimate of drug-likeness (QED) is 0.762. The van der Waals surface area contributed by atoms with Crippen molar-refractivity contribution in [3.8, 4) is 11.1 Å². The van der Waals surface area contributed by atoms with Gasteiger partial charge in [0.15, 0.2) is 0 Å². The van der Waals surface area contributed by atoms with E-state index in [9.17, 15) is 4.79 Å². The molecular weight excluding hydrogens is 342 g/mol. The molecule has 1 saturated heterocycles. The van der Waals surface area contributed by atoms with Crippen LogP contribution in [0.1, 0.15) is 39.7 Å². The third-order valence-electron chi connectivity index (χ3n) is 4.05.